The molecule has 0 saturated carbocycles. The maximum atomic E-state index is 11.5. The second-order valence-electron chi connectivity index (χ2n) is 2.79. The van der Waals surface area contributed by atoms with Gasteiger partial charge in [0.1, 0.15) is 10.4 Å². The van der Waals surface area contributed by atoms with Crippen molar-refractivity contribution in [2.45, 2.75) is 13.8 Å². The number of aromatic amines is 1. The summed E-state index contributed by atoms with van der Waals surface area (Å²) in [6, 6.07) is 0. The molecule has 0 atom stereocenters. The molecule has 1 N–H and O–H groups in total. The zero-order chi connectivity index (χ0) is 9.59. The fourth-order valence-corrected chi connectivity index (χ4v) is 1.52. The summed E-state index contributed by atoms with van der Waals surface area (Å²) in [4.78, 5) is 14.1. The highest BCUT2D eigenvalue weighted by Gasteiger charge is 2.10. The van der Waals surface area contributed by atoms with Gasteiger partial charge in [0.15, 0.2) is 5.52 Å². The van der Waals surface area contributed by atoms with E-state index in [-0.39, 0.29) is 5.56 Å². The second-order valence-corrected chi connectivity index (χ2v) is 3.54. The third-order valence-electron chi connectivity index (χ3n) is 1.80. The predicted molar refractivity (Wildman–Crippen MR) is 50.8 cm³/mol. The Morgan fingerprint density at radius 1 is 1.38 bits per heavy atom. The van der Waals surface area contributed by atoms with Crippen molar-refractivity contribution in [3.8, 4) is 0 Å². The van der Waals surface area contributed by atoms with E-state index < -0.39 is 0 Å². The number of nitrogens with one attached hydrogen (secondary N) is 1. The summed E-state index contributed by atoms with van der Waals surface area (Å²) in [5.41, 5.74) is 1.12. The van der Waals surface area contributed by atoms with Crippen LogP contribution in [0.4, 0.5) is 0 Å². The lowest BCUT2D eigenvalue weighted by molar-refractivity contribution is 0.742. The summed E-state index contributed by atoms with van der Waals surface area (Å²) in [7, 11) is 0. The minimum absolute atomic E-state index is 0.164. The molecule has 5 nitrogen and oxygen atoms in total. The Morgan fingerprint density at radius 2 is 2.08 bits per heavy atom. The van der Waals surface area contributed by atoms with Gasteiger partial charge in [-0.1, -0.05) is 0 Å². The molecule has 0 aliphatic carbocycles. The molecular weight excluding hydrogens is 236 g/mol. The van der Waals surface area contributed by atoms with Gasteiger partial charge >= 0.3 is 0 Å². The van der Waals surface area contributed by atoms with Crippen LogP contribution in [-0.4, -0.2) is 19.8 Å². The van der Waals surface area contributed by atoms with Gasteiger partial charge in [-0.25, -0.2) is 0 Å². The lowest BCUT2D eigenvalue weighted by Gasteiger charge is -1.93. The number of halogens is 1. The van der Waals surface area contributed by atoms with E-state index in [2.05, 4.69) is 31.1 Å². The van der Waals surface area contributed by atoms with E-state index in [9.17, 15) is 4.79 Å². The molecule has 0 aromatic carbocycles. The molecule has 0 aliphatic heterocycles. The normalized spacial score (nSPS) is 11.0. The van der Waals surface area contributed by atoms with Crippen molar-refractivity contribution in [3.05, 3.63) is 26.3 Å². The van der Waals surface area contributed by atoms with Crippen molar-refractivity contribution in [1.29, 1.82) is 0 Å². The van der Waals surface area contributed by atoms with Crippen LogP contribution in [0.15, 0.2) is 9.40 Å². The average molecular weight is 243 g/mol. The number of aryl methyl sites for hydroxylation is 2. The fourth-order valence-electron chi connectivity index (χ4n) is 1.18. The monoisotopic (exact) mass is 242 g/mol. The molecule has 0 bridgehead atoms. The van der Waals surface area contributed by atoms with Crippen LogP contribution in [0.3, 0.4) is 0 Å². The van der Waals surface area contributed by atoms with Crippen molar-refractivity contribution in [1.82, 2.24) is 19.8 Å². The summed E-state index contributed by atoms with van der Waals surface area (Å²) in [6.07, 6.45) is 0. The van der Waals surface area contributed by atoms with E-state index >= 15 is 0 Å². The molecule has 68 valence electrons. The average Bonchev–Trinajstić information content (AvgIpc) is 2.27. The second kappa shape index (κ2) is 2.66. The fraction of sp³-hybridized carbons (Fsp3) is 0.286. The Kier molecular flexibility index (Phi) is 1.73. The van der Waals surface area contributed by atoms with Crippen LogP contribution in [-0.2, 0) is 0 Å². The quantitative estimate of drug-likeness (QED) is 0.744. The van der Waals surface area contributed by atoms with E-state index in [0.29, 0.717) is 15.9 Å². The summed E-state index contributed by atoms with van der Waals surface area (Å²) < 4.78 is 1.99. The molecular formula is C7H7BrN4O. The number of fused-ring (bicyclic) bond motifs is 1. The topological polar surface area (TPSA) is 63.1 Å². The molecule has 2 heterocycles. The number of rotatable bonds is 0. The Hall–Kier alpha value is -1.17. The highest BCUT2D eigenvalue weighted by Crippen LogP contribution is 2.15. The molecule has 2 aromatic rings. The van der Waals surface area contributed by atoms with Gasteiger partial charge in [0.25, 0.3) is 5.56 Å². The number of hydrogen-bond donors (Lipinski definition) is 1. The molecule has 0 saturated heterocycles. The molecule has 2 rings (SSSR count). The molecule has 0 spiro atoms. The van der Waals surface area contributed by atoms with E-state index in [0.717, 1.165) is 5.56 Å². The standard InChI is InChI=1S/C7H7BrN4O/c1-3-5-7(13)9-4(2)10-12(5)11-6(3)8/h1-2H3,(H,9,10,13). The molecule has 13 heavy (non-hydrogen) atoms. The van der Waals surface area contributed by atoms with E-state index in [1.165, 1.54) is 4.63 Å². The largest absolute Gasteiger partial charge is 0.307 e. The van der Waals surface area contributed by atoms with Gasteiger partial charge in [-0.05, 0) is 29.8 Å². The van der Waals surface area contributed by atoms with Gasteiger partial charge in [0, 0.05) is 5.56 Å². The summed E-state index contributed by atoms with van der Waals surface area (Å²) >= 11 is 3.24. The van der Waals surface area contributed by atoms with Crippen molar-refractivity contribution in [2.75, 3.05) is 0 Å². The SMILES string of the molecule is Cc1nn2nc(Br)c(C)c2c(=O)[nH]1. The van der Waals surface area contributed by atoms with Crippen LogP contribution in [0.2, 0.25) is 0 Å². The van der Waals surface area contributed by atoms with Crippen molar-refractivity contribution in [3.63, 3.8) is 0 Å². The van der Waals surface area contributed by atoms with Gasteiger partial charge in [-0.15, -0.1) is 14.8 Å². The number of aromatic nitrogens is 4. The van der Waals surface area contributed by atoms with Crippen molar-refractivity contribution in [2.24, 2.45) is 0 Å². The first-order chi connectivity index (χ1) is 6.09. The van der Waals surface area contributed by atoms with Crippen LogP contribution >= 0.6 is 15.9 Å². The van der Waals surface area contributed by atoms with Gasteiger partial charge in [0.2, 0.25) is 0 Å². The highest BCUT2D eigenvalue weighted by molar-refractivity contribution is 9.10. The molecule has 6 heteroatoms. The van der Waals surface area contributed by atoms with Crippen LogP contribution in [0.5, 0.6) is 0 Å². The predicted octanol–water partition coefficient (Wildman–Crippen LogP) is 0.797. The summed E-state index contributed by atoms with van der Waals surface area (Å²) in [5, 5.41) is 8.07. The van der Waals surface area contributed by atoms with E-state index in [1.807, 2.05) is 6.92 Å². The minimum Gasteiger partial charge on any atom is -0.307 e. The number of H-pyrrole nitrogens is 1. The molecule has 2 aromatic heterocycles. The molecule has 0 fully saturated rings. The Bertz CT molecular complexity index is 527. The first-order valence-electron chi connectivity index (χ1n) is 3.71. The van der Waals surface area contributed by atoms with Gasteiger partial charge in [-0.2, -0.15) is 0 Å². The Morgan fingerprint density at radius 3 is 2.77 bits per heavy atom. The maximum absolute atomic E-state index is 11.5. The van der Waals surface area contributed by atoms with Crippen molar-refractivity contribution >= 4 is 21.4 Å². The smallest absolute Gasteiger partial charge is 0.277 e. The van der Waals surface area contributed by atoms with Crippen LogP contribution in [0.1, 0.15) is 11.4 Å². The van der Waals surface area contributed by atoms with E-state index in [4.69, 9.17) is 0 Å². The maximum Gasteiger partial charge on any atom is 0.277 e. The van der Waals surface area contributed by atoms with Crippen molar-refractivity contribution < 1.29 is 0 Å². The highest BCUT2D eigenvalue weighted by atomic mass is 79.9. The van der Waals surface area contributed by atoms with Gasteiger partial charge in [-0.3, -0.25) is 4.79 Å². The first kappa shape index (κ1) is 8.43. The minimum atomic E-state index is -0.164. The molecule has 0 radical (unpaired) electrons. The zero-order valence-electron chi connectivity index (χ0n) is 7.13. The Balaban J connectivity index is 3.03. The lowest BCUT2D eigenvalue weighted by Crippen LogP contribution is -2.14. The van der Waals surface area contributed by atoms with E-state index in [1.54, 1.807) is 6.92 Å². The summed E-state index contributed by atoms with van der Waals surface area (Å²) in [6.45, 7) is 3.53. The summed E-state index contributed by atoms with van der Waals surface area (Å²) in [5.74, 6) is 0.549. The van der Waals surface area contributed by atoms with Crippen LogP contribution in [0.25, 0.3) is 5.52 Å². The van der Waals surface area contributed by atoms with Crippen LogP contribution in [0, 0.1) is 13.8 Å². The molecule has 0 unspecified atom stereocenters. The third kappa shape index (κ3) is 1.17. The van der Waals surface area contributed by atoms with Crippen LogP contribution < -0.4 is 5.56 Å². The third-order valence-corrected chi connectivity index (χ3v) is 2.55. The first-order valence-corrected chi connectivity index (χ1v) is 4.51. The number of hydrogen-bond acceptors (Lipinski definition) is 3. The number of nitrogens with zero attached hydrogens (tertiary/aromatic N) is 3. The Labute approximate surface area is 81.9 Å². The lowest BCUT2D eigenvalue weighted by atomic mass is 10.3. The van der Waals surface area contributed by atoms with Gasteiger partial charge in [0.05, 0.1) is 0 Å². The molecule has 0 aliphatic rings. The molecule has 0 amide bonds. The van der Waals surface area contributed by atoms with Gasteiger partial charge < -0.3 is 4.98 Å². The zero-order valence-corrected chi connectivity index (χ0v) is 8.71.